The Morgan fingerprint density at radius 3 is 2.59 bits per heavy atom. The Morgan fingerprint density at radius 1 is 1.07 bits per heavy atom. The second kappa shape index (κ2) is 7.90. The normalized spacial score (nSPS) is 14.3. The zero-order valence-electron chi connectivity index (χ0n) is 15.3. The highest BCUT2D eigenvalue weighted by atomic mass is 16.5. The van der Waals surface area contributed by atoms with Crippen LogP contribution in [0.3, 0.4) is 0 Å². The Hall–Kier alpha value is -3.35. The summed E-state index contributed by atoms with van der Waals surface area (Å²) < 4.78 is 5.16. The van der Waals surface area contributed by atoms with Gasteiger partial charge in [0.1, 0.15) is 12.3 Å². The first-order chi connectivity index (χ1) is 13.0. The molecular weight excluding hydrogens is 346 g/mol. The fourth-order valence-corrected chi connectivity index (χ4v) is 2.95. The summed E-state index contributed by atoms with van der Waals surface area (Å²) in [6.07, 6.45) is 0. The van der Waals surface area contributed by atoms with Crippen LogP contribution in [-0.2, 0) is 14.4 Å². The monoisotopic (exact) mass is 367 g/mol. The quantitative estimate of drug-likeness (QED) is 0.818. The minimum atomic E-state index is -0.691. The molecule has 0 atom stereocenters. The molecule has 0 spiro atoms. The van der Waals surface area contributed by atoms with Crippen molar-refractivity contribution >= 4 is 29.1 Å². The topological polar surface area (TPSA) is 79.0 Å². The van der Waals surface area contributed by atoms with Crippen LogP contribution in [0.4, 0.5) is 11.4 Å². The van der Waals surface area contributed by atoms with Crippen molar-refractivity contribution in [1.29, 1.82) is 0 Å². The van der Waals surface area contributed by atoms with Gasteiger partial charge < -0.3 is 19.9 Å². The van der Waals surface area contributed by atoms with Gasteiger partial charge in [0, 0.05) is 30.5 Å². The standard InChI is InChI=1S/C20H21N3O4/c1-14-5-3-6-15(11-14)21-18(24)13-22-9-10-23(20(26)19(22)25)16-7-4-8-17(12-16)27-2/h3-8,11-12H,9-10,13H2,1-2H3,(H,21,24). The van der Waals surface area contributed by atoms with Crippen molar-refractivity contribution in [3.63, 3.8) is 0 Å². The summed E-state index contributed by atoms with van der Waals surface area (Å²) in [6.45, 7) is 2.36. The Labute approximate surface area is 157 Å². The van der Waals surface area contributed by atoms with E-state index >= 15 is 0 Å². The Morgan fingerprint density at radius 2 is 1.85 bits per heavy atom. The molecule has 3 rings (SSSR count). The van der Waals surface area contributed by atoms with Crippen LogP contribution < -0.4 is 15.0 Å². The summed E-state index contributed by atoms with van der Waals surface area (Å²) in [6, 6.07) is 14.3. The van der Waals surface area contributed by atoms with E-state index in [9.17, 15) is 14.4 Å². The van der Waals surface area contributed by atoms with Gasteiger partial charge in [-0.3, -0.25) is 14.4 Å². The molecule has 0 saturated carbocycles. The zero-order chi connectivity index (χ0) is 19.4. The Bertz CT molecular complexity index is 881. The van der Waals surface area contributed by atoms with Crippen LogP contribution >= 0.6 is 0 Å². The average molecular weight is 367 g/mol. The highest BCUT2D eigenvalue weighted by molar-refractivity contribution is 6.41. The summed E-state index contributed by atoms with van der Waals surface area (Å²) in [7, 11) is 1.54. The van der Waals surface area contributed by atoms with Gasteiger partial charge in [0.05, 0.1) is 7.11 Å². The lowest BCUT2D eigenvalue weighted by Crippen LogP contribution is -2.56. The van der Waals surface area contributed by atoms with E-state index in [-0.39, 0.29) is 19.0 Å². The Kier molecular flexibility index (Phi) is 5.40. The van der Waals surface area contributed by atoms with E-state index in [1.54, 1.807) is 30.3 Å². The van der Waals surface area contributed by atoms with Gasteiger partial charge in [-0.2, -0.15) is 0 Å². The average Bonchev–Trinajstić information content (AvgIpc) is 2.65. The molecule has 0 aromatic heterocycles. The third kappa shape index (κ3) is 4.25. The molecule has 3 amide bonds. The summed E-state index contributed by atoms with van der Waals surface area (Å²) in [5, 5.41) is 2.75. The van der Waals surface area contributed by atoms with E-state index < -0.39 is 11.8 Å². The van der Waals surface area contributed by atoms with Gasteiger partial charge in [-0.15, -0.1) is 0 Å². The molecule has 1 fully saturated rings. The van der Waals surface area contributed by atoms with Crippen molar-refractivity contribution in [3.8, 4) is 5.75 Å². The van der Waals surface area contributed by atoms with E-state index in [0.717, 1.165) is 5.56 Å². The smallest absolute Gasteiger partial charge is 0.316 e. The van der Waals surface area contributed by atoms with Gasteiger partial charge in [-0.25, -0.2) is 0 Å². The maximum Gasteiger partial charge on any atom is 0.316 e. The van der Waals surface area contributed by atoms with Crippen LogP contribution in [0.25, 0.3) is 0 Å². The molecule has 0 aliphatic carbocycles. The van der Waals surface area contributed by atoms with E-state index in [1.807, 2.05) is 25.1 Å². The number of anilines is 2. The number of hydrogen-bond donors (Lipinski definition) is 1. The van der Waals surface area contributed by atoms with Gasteiger partial charge in [-0.05, 0) is 36.8 Å². The molecule has 1 N–H and O–H groups in total. The number of hydrogen-bond acceptors (Lipinski definition) is 4. The van der Waals surface area contributed by atoms with Crippen molar-refractivity contribution in [2.24, 2.45) is 0 Å². The van der Waals surface area contributed by atoms with Crippen LogP contribution in [0.15, 0.2) is 48.5 Å². The van der Waals surface area contributed by atoms with Crippen LogP contribution in [0.2, 0.25) is 0 Å². The van der Waals surface area contributed by atoms with Crippen LogP contribution in [-0.4, -0.2) is 49.4 Å². The number of methoxy groups -OCH3 is 1. The van der Waals surface area contributed by atoms with E-state index in [4.69, 9.17) is 4.74 Å². The molecule has 0 unspecified atom stereocenters. The first-order valence-electron chi connectivity index (χ1n) is 8.59. The SMILES string of the molecule is COc1cccc(N2CCN(CC(=O)Nc3cccc(C)c3)C(=O)C2=O)c1. The van der Waals surface area contributed by atoms with Crippen molar-refractivity contribution < 1.29 is 19.1 Å². The second-order valence-electron chi connectivity index (χ2n) is 6.30. The number of rotatable bonds is 5. The number of benzene rings is 2. The summed E-state index contributed by atoms with van der Waals surface area (Å²) in [5.74, 6) is -1.08. The van der Waals surface area contributed by atoms with Crippen LogP contribution in [0, 0.1) is 6.92 Å². The number of ether oxygens (including phenoxy) is 1. The molecule has 2 aromatic carbocycles. The highest BCUT2D eigenvalue weighted by Gasteiger charge is 2.34. The molecule has 2 aromatic rings. The van der Waals surface area contributed by atoms with E-state index in [2.05, 4.69) is 5.32 Å². The predicted octanol–water partition coefficient (Wildman–Crippen LogP) is 1.82. The van der Waals surface area contributed by atoms with Crippen LogP contribution in [0.5, 0.6) is 5.75 Å². The summed E-state index contributed by atoms with van der Waals surface area (Å²) in [5.41, 5.74) is 2.27. The molecule has 0 bridgehead atoms. The predicted molar refractivity (Wildman–Crippen MR) is 102 cm³/mol. The van der Waals surface area contributed by atoms with Gasteiger partial charge >= 0.3 is 11.8 Å². The largest absolute Gasteiger partial charge is 0.497 e. The number of nitrogens with zero attached hydrogens (tertiary/aromatic N) is 2. The first kappa shape index (κ1) is 18.4. The number of nitrogens with one attached hydrogen (secondary N) is 1. The Balaban J connectivity index is 1.64. The minimum absolute atomic E-state index is 0.162. The molecule has 1 aliphatic rings. The van der Waals surface area contributed by atoms with Crippen molar-refractivity contribution in [2.45, 2.75) is 6.92 Å². The highest BCUT2D eigenvalue weighted by Crippen LogP contribution is 2.23. The fourth-order valence-electron chi connectivity index (χ4n) is 2.95. The number of carbonyl (C=O) groups is 3. The summed E-state index contributed by atoms with van der Waals surface area (Å²) >= 11 is 0. The van der Waals surface area contributed by atoms with Crippen molar-refractivity contribution in [1.82, 2.24) is 4.90 Å². The number of aryl methyl sites for hydroxylation is 1. The summed E-state index contributed by atoms with van der Waals surface area (Å²) in [4.78, 5) is 39.8. The van der Waals surface area contributed by atoms with Crippen molar-refractivity contribution in [2.75, 3.05) is 37.0 Å². The van der Waals surface area contributed by atoms with Crippen molar-refractivity contribution in [3.05, 3.63) is 54.1 Å². The number of amides is 3. The molecular formula is C20H21N3O4. The fraction of sp³-hybridized carbons (Fsp3) is 0.250. The minimum Gasteiger partial charge on any atom is -0.497 e. The lowest BCUT2D eigenvalue weighted by Gasteiger charge is -2.33. The van der Waals surface area contributed by atoms with Gasteiger partial charge in [0.25, 0.3) is 0 Å². The van der Waals surface area contributed by atoms with Gasteiger partial charge in [0.2, 0.25) is 5.91 Å². The maximum absolute atomic E-state index is 12.5. The molecule has 27 heavy (non-hydrogen) atoms. The van der Waals surface area contributed by atoms with Crippen LogP contribution in [0.1, 0.15) is 5.56 Å². The molecule has 1 heterocycles. The lowest BCUT2D eigenvalue weighted by atomic mass is 10.2. The lowest BCUT2D eigenvalue weighted by molar-refractivity contribution is -0.147. The third-order valence-electron chi connectivity index (χ3n) is 4.31. The number of piperazine rings is 1. The maximum atomic E-state index is 12.5. The van der Waals surface area contributed by atoms with Gasteiger partial charge in [-0.1, -0.05) is 18.2 Å². The molecule has 7 nitrogen and oxygen atoms in total. The zero-order valence-corrected chi connectivity index (χ0v) is 15.3. The molecule has 1 aliphatic heterocycles. The van der Waals surface area contributed by atoms with E-state index in [1.165, 1.54) is 16.9 Å². The molecule has 0 radical (unpaired) electrons. The van der Waals surface area contributed by atoms with Gasteiger partial charge in [0.15, 0.2) is 0 Å². The first-order valence-corrected chi connectivity index (χ1v) is 8.59. The molecule has 7 heteroatoms. The second-order valence-corrected chi connectivity index (χ2v) is 6.30. The molecule has 1 saturated heterocycles. The number of carbonyl (C=O) groups excluding carboxylic acids is 3. The third-order valence-corrected chi connectivity index (χ3v) is 4.31. The molecule has 140 valence electrons. The van der Waals surface area contributed by atoms with E-state index in [0.29, 0.717) is 23.7 Å².